The molecule has 1 N–H and O–H groups in total. The van der Waals surface area contributed by atoms with Crippen LogP contribution in [-0.4, -0.2) is 41.1 Å². The molecule has 0 aromatic heterocycles. The van der Waals surface area contributed by atoms with Crippen molar-refractivity contribution in [2.24, 2.45) is 11.8 Å². The first-order valence-electron chi connectivity index (χ1n) is 6.55. The Morgan fingerprint density at radius 3 is 2.50 bits per heavy atom. The highest BCUT2D eigenvalue weighted by atomic mass is 32.1. The van der Waals surface area contributed by atoms with Crippen molar-refractivity contribution in [3.05, 3.63) is 0 Å². The standard InChI is InChI=1S/C13H24N2O2S/c1-8-5-9(2)10(3)15(6-8)13(17)12(7-18)14-11(4)16/h8-10,12,18H,5-7H2,1-4H3,(H,14,16). The topological polar surface area (TPSA) is 49.4 Å². The summed E-state index contributed by atoms with van der Waals surface area (Å²) in [5.41, 5.74) is 0. The third-order valence-corrected chi connectivity index (χ3v) is 4.10. The van der Waals surface area contributed by atoms with Crippen molar-refractivity contribution in [1.29, 1.82) is 0 Å². The van der Waals surface area contributed by atoms with E-state index in [0.717, 1.165) is 13.0 Å². The monoisotopic (exact) mass is 272 g/mol. The van der Waals surface area contributed by atoms with Crippen molar-refractivity contribution in [2.45, 2.75) is 46.2 Å². The quantitative estimate of drug-likeness (QED) is 0.761. The molecule has 4 atom stereocenters. The van der Waals surface area contributed by atoms with Crippen molar-refractivity contribution in [1.82, 2.24) is 10.2 Å². The second-order valence-corrected chi connectivity index (χ2v) is 5.85. The molecule has 5 heteroatoms. The van der Waals surface area contributed by atoms with Gasteiger partial charge in [-0.3, -0.25) is 9.59 Å². The van der Waals surface area contributed by atoms with Crippen LogP contribution in [0, 0.1) is 11.8 Å². The zero-order chi connectivity index (χ0) is 13.9. The van der Waals surface area contributed by atoms with Gasteiger partial charge in [-0.2, -0.15) is 12.6 Å². The number of carbonyl (C=O) groups is 2. The first-order valence-corrected chi connectivity index (χ1v) is 7.18. The lowest BCUT2D eigenvalue weighted by Crippen LogP contribution is -2.56. The van der Waals surface area contributed by atoms with Crippen molar-refractivity contribution in [3.8, 4) is 0 Å². The molecule has 0 aromatic rings. The summed E-state index contributed by atoms with van der Waals surface area (Å²) in [6.45, 7) is 8.62. The fourth-order valence-corrected chi connectivity index (χ4v) is 2.88. The van der Waals surface area contributed by atoms with Crippen LogP contribution in [0.3, 0.4) is 0 Å². The molecule has 1 fully saturated rings. The SMILES string of the molecule is CC(=O)NC(CS)C(=O)N1CC(C)CC(C)C1C. The Morgan fingerprint density at radius 2 is 2.00 bits per heavy atom. The summed E-state index contributed by atoms with van der Waals surface area (Å²) in [5.74, 6) is 1.15. The number of hydrogen-bond acceptors (Lipinski definition) is 3. The van der Waals surface area contributed by atoms with Crippen molar-refractivity contribution >= 4 is 24.4 Å². The third kappa shape index (κ3) is 3.64. The Balaban J connectivity index is 2.76. The number of likely N-dealkylation sites (tertiary alicyclic amines) is 1. The van der Waals surface area contributed by atoms with Gasteiger partial charge in [0, 0.05) is 25.3 Å². The third-order valence-electron chi connectivity index (χ3n) is 3.74. The molecule has 104 valence electrons. The maximum absolute atomic E-state index is 12.4. The van der Waals surface area contributed by atoms with Gasteiger partial charge in [-0.25, -0.2) is 0 Å². The molecule has 0 saturated carbocycles. The summed E-state index contributed by atoms with van der Waals surface area (Å²) in [4.78, 5) is 25.4. The van der Waals surface area contributed by atoms with Crippen LogP contribution in [0.15, 0.2) is 0 Å². The van der Waals surface area contributed by atoms with Crippen molar-refractivity contribution < 1.29 is 9.59 Å². The summed E-state index contributed by atoms with van der Waals surface area (Å²) in [5, 5.41) is 2.67. The number of hydrogen-bond donors (Lipinski definition) is 2. The molecule has 1 aliphatic heterocycles. The van der Waals surface area contributed by atoms with Crippen molar-refractivity contribution in [2.75, 3.05) is 12.3 Å². The van der Waals surface area contributed by atoms with Crippen LogP contribution in [0.4, 0.5) is 0 Å². The predicted molar refractivity (Wildman–Crippen MR) is 75.6 cm³/mol. The van der Waals surface area contributed by atoms with Gasteiger partial charge in [0.2, 0.25) is 11.8 Å². The molecule has 0 radical (unpaired) electrons. The first kappa shape index (κ1) is 15.3. The number of piperidine rings is 1. The average Bonchev–Trinajstić information content (AvgIpc) is 2.29. The molecule has 0 bridgehead atoms. The van der Waals surface area contributed by atoms with E-state index in [2.05, 4.69) is 38.7 Å². The van der Waals surface area contributed by atoms with Gasteiger partial charge in [0.25, 0.3) is 0 Å². The lowest BCUT2D eigenvalue weighted by atomic mass is 9.85. The zero-order valence-corrected chi connectivity index (χ0v) is 12.5. The molecule has 4 unspecified atom stereocenters. The molecular formula is C13H24N2O2S. The van der Waals surface area contributed by atoms with Crippen LogP contribution >= 0.6 is 12.6 Å². The van der Waals surface area contributed by atoms with Gasteiger partial charge in [0.05, 0.1) is 0 Å². The van der Waals surface area contributed by atoms with Gasteiger partial charge < -0.3 is 10.2 Å². The Hall–Kier alpha value is -0.710. The van der Waals surface area contributed by atoms with Crippen LogP contribution in [0.25, 0.3) is 0 Å². The first-order chi connectivity index (χ1) is 8.36. The fourth-order valence-electron chi connectivity index (χ4n) is 2.64. The second-order valence-electron chi connectivity index (χ2n) is 5.49. The Bertz CT molecular complexity index is 322. The highest BCUT2D eigenvalue weighted by Gasteiger charge is 2.34. The molecule has 18 heavy (non-hydrogen) atoms. The lowest BCUT2D eigenvalue weighted by Gasteiger charge is -2.42. The van der Waals surface area contributed by atoms with E-state index in [4.69, 9.17) is 0 Å². The number of nitrogens with one attached hydrogen (secondary N) is 1. The number of carbonyl (C=O) groups excluding carboxylic acids is 2. The van der Waals surface area contributed by atoms with E-state index in [1.54, 1.807) is 0 Å². The molecule has 0 aromatic carbocycles. The van der Waals surface area contributed by atoms with Crippen molar-refractivity contribution in [3.63, 3.8) is 0 Å². The van der Waals surface area contributed by atoms with E-state index in [1.165, 1.54) is 6.92 Å². The van der Waals surface area contributed by atoms with Gasteiger partial charge in [0.1, 0.15) is 6.04 Å². The Morgan fingerprint density at radius 1 is 1.39 bits per heavy atom. The molecule has 1 aliphatic rings. The van der Waals surface area contributed by atoms with Crippen LogP contribution in [-0.2, 0) is 9.59 Å². The van der Waals surface area contributed by atoms with E-state index < -0.39 is 6.04 Å². The van der Waals surface area contributed by atoms with Gasteiger partial charge in [-0.15, -0.1) is 0 Å². The normalized spacial score (nSPS) is 29.8. The van der Waals surface area contributed by atoms with Gasteiger partial charge in [-0.1, -0.05) is 13.8 Å². The minimum atomic E-state index is -0.509. The predicted octanol–water partition coefficient (Wildman–Crippen LogP) is 1.31. The maximum atomic E-state index is 12.4. The van der Waals surface area contributed by atoms with Crippen LogP contribution in [0.2, 0.25) is 0 Å². The number of rotatable bonds is 3. The van der Waals surface area contributed by atoms with E-state index in [1.807, 2.05) is 4.90 Å². The second kappa shape index (κ2) is 6.45. The largest absolute Gasteiger partial charge is 0.344 e. The van der Waals surface area contributed by atoms with E-state index in [0.29, 0.717) is 17.6 Å². The fraction of sp³-hybridized carbons (Fsp3) is 0.846. The van der Waals surface area contributed by atoms with Crippen LogP contribution < -0.4 is 5.32 Å². The van der Waals surface area contributed by atoms with Crippen LogP contribution in [0.1, 0.15) is 34.1 Å². The van der Waals surface area contributed by atoms with Gasteiger partial charge in [-0.05, 0) is 25.2 Å². The molecule has 0 spiro atoms. The Labute approximate surface area is 115 Å². The molecular weight excluding hydrogens is 248 g/mol. The molecule has 1 heterocycles. The molecule has 1 saturated heterocycles. The highest BCUT2D eigenvalue weighted by molar-refractivity contribution is 7.80. The smallest absolute Gasteiger partial charge is 0.246 e. The molecule has 1 rings (SSSR count). The number of nitrogens with zero attached hydrogens (tertiary/aromatic N) is 1. The molecule has 0 aliphatic carbocycles. The minimum Gasteiger partial charge on any atom is -0.344 e. The van der Waals surface area contributed by atoms with Crippen LogP contribution in [0.5, 0.6) is 0 Å². The molecule has 2 amide bonds. The van der Waals surface area contributed by atoms with E-state index in [-0.39, 0.29) is 17.9 Å². The Kier molecular flexibility index (Phi) is 5.50. The number of thiol groups is 1. The zero-order valence-electron chi connectivity index (χ0n) is 11.6. The molecule has 4 nitrogen and oxygen atoms in total. The number of amides is 2. The summed E-state index contributed by atoms with van der Waals surface area (Å²) in [6.07, 6.45) is 1.15. The van der Waals surface area contributed by atoms with E-state index in [9.17, 15) is 9.59 Å². The van der Waals surface area contributed by atoms with E-state index >= 15 is 0 Å². The maximum Gasteiger partial charge on any atom is 0.246 e. The van der Waals surface area contributed by atoms with Gasteiger partial charge in [0.15, 0.2) is 0 Å². The highest BCUT2D eigenvalue weighted by Crippen LogP contribution is 2.27. The minimum absolute atomic E-state index is 0.00824. The van der Waals surface area contributed by atoms with Gasteiger partial charge >= 0.3 is 0 Å². The summed E-state index contributed by atoms with van der Waals surface area (Å²) < 4.78 is 0. The summed E-state index contributed by atoms with van der Waals surface area (Å²) >= 11 is 4.16. The summed E-state index contributed by atoms with van der Waals surface area (Å²) in [6, 6.07) is -0.282. The lowest BCUT2D eigenvalue weighted by molar-refractivity contribution is -0.140. The average molecular weight is 272 g/mol. The summed E-state index contributed by atoms with van der Waals surface area (Å²) in [7, 11) is 0.